The largest absolute Gasteiger partial charge is 0.309 e. The highest BCUT2D eigenvalue weighted by molar-refractivity contribution is 7.81. The standard InChI is InChI=1S/C16H15O2P/c1-14(17)12-13-19(18,15-8-4-2-5-9-15)16-10-6-3-7-11-16/h2-13H,1H3/b13-12+. The highest BCUT2D eigenvalue weighted by Gasteiger charge is 2.23. The summed E-state index contributed by atoms with van der Waals surface area (Å²) in [5, 5.41) is 1.47. The van der Waals surface area contributed by atoms with E-state index in [0.717, 1.165) is 10.6 Å². The normalized spacial score (nSPS) is 11.6. The highest BCUT2D eigenvalue weighted by Crippen LogP contribution is 2.44. The quantitative estimate of drug-likeness (QED) is 0.632. The molecule has 0 spiro atoms. The first-order chi connectivity index (χ1) is 9.13. The van der Waals surface area contributed by atoms with Crippen LogP contribution in [0.5, 0.6) is 0 Å². The van der Waals surface area contributed by atoms with E-state index in [1.807, 2.05) is 60.7 Å². The van der Waals surface area contributed by atoms with Crippen LogP contribution < -0.4 is 10.6 Å². The van der Waals surface area contributed by atoms with E-state index < -0.39 is 7.14 Å². The topological polar surface area (TPSA) is 34.1 Å². The van der Waals surface area contributed by atoms with Gasteiger partial charge in [0.1, 0.15) is 0 Å². The number of hydrogen-bond donors (Lipinski definition) is 0. The summed E-state index contributed by atoms with van der Waals surface area (Å²) in [5.74, 6) is 1.44. The molecule has 0 atom stereocenters. The molecule has 2 aromatic carbocycles. The molecule has 0 saturated carbocycles. The number of carbonyl (C=O) groups excluding carboxylic acids is 1. The molecule has 19 heavy (non-hydrogen) atoms. The van der Waals surface area contributed by atoms with Crippen LogP contribution in [0.2, 0.25) is 0 Å². The summed E-state index contributed by atoms with van der Waals surface area (Å²) < 4.78 is 13.3. The van der Waals surface area contributed by atoms with Gasteiger partial charge < -0.3 is 4.57 Å². The third-order valence-corrected chi connectivity index (χ3v) is 5.50. The van der Waals surface area contributed by atoms with E-state index in [2.05, 4.69) is 0 Å². The predicted octanol–water partition coefficient (Wildman–Crippen LogP) is 3.10. The first-order valence-corrected chi connectivity index (χ1v) is 7.81. The fraction of sp³-hybridized carbons (Fsp3) is 0.0625. The van der Waals surface area contributed by atoms with Gasteiger partial charge in [-0.3, -0.25) is 4.79 Å². The van der Waals surface area contributed by atoms with Gasteiger partial charge in [0, 0.05) is 10.6 Å². The van der Waals surface area contributed by atoms with Crippen molar-refractivity contribution in [2.45, 2.75) is 6.92 Å². The molecule has 0 bridgehead atoms. The minimum Gasteiger partial charge on any atom is -0.309 e. The Morgan fingerprint density at radius 1 is 0.895 bits per heavy atom. The Morgan fingerprint density at radius 3 is 1.68 bits per heavy atom. The van der Waals surface area contributed by atoms with Crippen LogP contribution in [0.4, 0.5) is 0 Å². The van der Waals surface area contributed by atoms with Crippen molar-refractivity contribution in [1.82, 2.24) is 0 Å². The first-order valence-electron chi connectivity index (χ1n) is 6.04. The molecule has 0 unspecified atom stereocenters. The third kappa shape index (κ3) is 3.10. The van der Waals surface area contributed by atoms with Crippen LogP contribution in [0.25, 0.3) is 0 Å². The van der Waals surface area contributed by atoms with Crippen LogP contribution in [-0.4, -0.2) is 5.78 Å². The zero-order valence-corrected chi connectivity index (χ0v) is 11.6. The van der Waals surface area contributed by atoms with Crippen molar-refractivity contribution in [2.24, 2.45) is 0 Å². The zero-order valence-electron chi connectivity index (χ0n) is 10.7. The second-order valence-corrected chi connectivity index (χ2v) is 6.90. The van der Waals surface area contributed by atoms with Gasteiger partial charge in [0.05, 0.1) is 0 Å². The fourth-order valence-corrected chi connectivity index (χ4v) is 4.12. The molecule has 2 aromatic rings. The number of hydrogen-bond acceptors (Lipinski definition) is 2. The average Bonchev–Trinajstić information content (AvgIpc) is 2.46. The minimum atomic E-state index is -2.88. The van der Waals surface area contributed by atoms with Gasteiger partial charge in [0.2, 0.25) is 0 Å². The molecule has 0 aliphatic rings. The van der Waals surface area contributed by atoms with Gasteiger partial charge in [-0.25, -0.2) is 0 Å². The molecule has 96 valence electrons. The molecular weight excluding hydrogens is 255 g/mol. The molecule has 2 nitrogen and oxygen atoms in total. The Balaban J connectivity index is 2.58. The van der Waals surface area contributed by atoms with Gasteiger partial charge in [-0.2, -0.15) is 0 Å². The van der Waals surface area contributed by atoms with Crippen molar-refractivity contribution >= 4 is 23.5 Å². The highest BCUT2D eigenvalue weighted by atomic mass is 31.2. The van der Waals surface area contributed by atoms with Crippen molar-refractivity contribution in [3.63, 3.8) is 0 Å². The predicted molar refractivity (Wildman–Crippen MR) is 79.6 cm³/mol. The van der Waals surface area contributed by atoms with E-state index in [1.54, 1.807) is 5.82 Å². The van der Waals surface area contributed by atoms with Crippen LogP contribution in [0, 0.1) is 0 Å². The van der Waals surface area contributed by atoms with Gasteiger partial charge in [-0.1, -0.05) is 60.7 Å². The Labute approximate surface area is 113 Å². The van der Waals surface area contributed by atoms with Crippen molar-refractivity contribution in [3.8, 4) is 0 Å². The Hall–Kier alpha value is -1.92. The van der Waals surface area contributed by atoms with E-state index in [1.165, 1.54) is 13.0 Å². The number of benzene rings is 2. The summed E-state index contributed by atoms with van der Waals surface area (Å²) in [4.78, 5) is 11.1. The number of carbonyl (C=O) groups is 1. The number of allylic oxidation sites excluding steroid dienone is 1. The Kier molecular flexibility index (Phi) is 4.13. The van der Waals surface area contributed by atoms with Crippen molar-refractivity contribution in [2.75, 3.05) is 0 Å². The number of rotatable bonds is 4. The molecule has 3 heteroatoms. The molecule has 0 fully saturated rings. The van der Waals surface area contributed by atoms with Crippen molar-refractivity contribution in [3.05, 3.63) is 72.6 Å². The van der Waals surface area contributed by atoms with E-state index >= 15 is 0 Å². The summed E-state index contributed by atoms with van der Waals surface area (Å²) in [5.41, 5.74) is 0. The molecular formula is C16H15O2P. The Bertz CT molecular complexity index is 587. The summed E-state index contributed by atoms with van der Waals surface area (Å²) >= 11 is 0. The lowest BCUT2D eigenvalue weighted by molar-refractivity contribution is -0.112. The van der Waals surface area contributed by atoms with Crippen molar-refractivity contribution in [1.29, 1.82) is 0 Å². The van der Waals surface area contributed by atoms with Crippen LogP contribution in [0.15, 0.2) is 72.6 Å². The lowest BCUT2D eigenvalue weighted by Crippen LogP contribution is -2.14. The summed E-state index contributed by atoms with van der Waals surface area (Å²) in [6.07, 6.45) is 1.39. The van der Waals surface area contributed by atoms with Crippen LogP contribution >= 0.6 is 7.14 Å². The molecule has 0 N–H and O–H groups in total. The lowest BCUT2D eigenvalue weighted by Gasteiger charge is -2.14. The third-order valence-electron chi connectivity index (χ3n) is 2.80. The van der Waals surface area contributed by atoms with E-state index in [9.17, 15) is 9.36 Å². The summed E-state index contributed by atoms with van der Waals surface area (Å²) in [6.45, 7) is 1.46. The van der Waals surface area contributed by atoms with Crippen LogP contribution in [0.1, 0.15) is 6.92 Å². The zero-order chi connectivity index (χ0) is 13.7. The molecule has 0 heterocycles. The average molecular weight is 270 g/mol. The van der Waals surface area contributed by atoms with E-state index in [0.29, 0.717) is 0 Å². The van der Waals surface area contributed by atoms with Gasteiger partial charge in [-0.05, 0) is 18.8 Å². The van der Waals surface area contributed by atoms with Gasteiger partial charge in [-0.15, -0.1) is 0 Å². The van der Waals surface area contributed by atoms with E-state index in [-0.39, 0.29) is 5.78 Å². The second-order valence-electron chi connectivity index (χ2n) is 4.26. The van der Waals surface area contributed by atoms with Gasteiger partial charge in [0.25, 0.3) is 0 Å². The molecule has 0 radical (unpaired) electrons. The maximum Gasteiger partial charge on any atom is 0.164 e. The van der Waals surface area contributed by atoms with Crippen molar-refractivity contribution < 1.29 is 9.36 Å². The van der Waals surface area contributed by atoms with Gasteiger partial charge >= 0.3 is 0 Å². The maximum absolute atomic E-state index is 13.3. The second kappa shape index (κ2) is 5.81. The maximum atomic E-state index is 13.3. The first kappa shape index (κ1) is 13.5. The monoisotopic (exact) mass is 270 g/mol. The molecule has 0 amide bonds. The van der Waals surface area contributed by atoms with Crippen LogP contribution in [0.3, 0.4) is 0 Å². The smallest absolute Gasteiger partial charge is 0.164 e. The molecule has 0 aliphatic carbocycles. The SMILES string of the molecule is CC(=O)/C=C/P(=O)(c1ccccc1)c1ccccc1. The van der Waals surface area contributed by atoms with E-state index in [4.69, 9.17) is 0 Å². The lowest BCUT2D eigenvalue weighted by atomic mass is 10.4. The molecule has 2 rings (SSSR count). The summed E-state index contributed by atoms with van der Waals surface area (Å²) in [7, 11) is -2.88. The summed E-state index contributed by atoms with van der Waals surface area (Å²) in [6, 6.07) is 18.5. The van der Waals surface area contributed by atoms with Gasteiger partial charge in [0.15, 0.2) is 12.9 Å². The molecule has 0 saturated heterocycles. The molecule has 0 aliphatic heterocycles. The fourth-order valence-electron chi connectivity index (χ4n) is 1.83. The minimum absolute atomic E-state index is 0.105. The molecule has 0 aromatic heterocycles. The Morgan fingerprint density at radius 2 is 1.32 bits per heavy atom. The number of ketones is 1. The van der Waals surface area contributed by atoms with Crippen LogP contribution in [-0.2, 0) is 9.36 Å².